The molecular weight excluding hydrogens is 324 g/mol. The van der Waals surface area contributed by atoms with Crippen molar-refractivity contribution in [2.24, 2.45) is 0 Å². The molecule has 0 bridgehead atoms. The van der Waals surface area contributed by atoms with Gasteiger partial charge in [0.2, 0.25) is 5.91 Å². The molecular formula is C18H18N2O3S. The van der Waals surface area contributed by atoms with Crippen LogP contribution in [-0.4, -0.2) is 20.1 Å². The van der Waals surface area contributed by atoms with E-state index in [0.29, 0.717) is 24.3 Å². The molecule has 2 aromatic rings. The normalized spacial score (nSPS) is 9.88. The van der Waals surface area contributed by atoms with Gasteiger partial charge in [-0.3, -0.25) is 4.79 Å². The molecule has 0 fully saturated rings. The molecule has 0 atom stereocenters. The number of thioether (sulfide) groups is 1. The number of nitrogens with zero attached hydrogens (tertiary/aromatic N) is 1. The number of hydrogen-bond donors (Lipinski definition) is 1. The summed E-state index contributed by atoms with van der Waals surface area (Å²) >= 11 is 1.09. The quantitative estimate of drug-likeness (QED) is 0.611. The van der Waals surface area contributed by atoms with Gasteiger partial charge in [0.15, 0.2) is 11.5 Å². The predicted molar refractivity (Wildman–Crippen MR) is 94.4 cm³/mol. The highest BCUT2D eigenvalue weighted by Gasteiger charge is 2.07. The van der Waals surface area contributed by atoms with Crippen LogP contribution in [0.5, 0.6) is 11.5 Å². The third-order valence-corrected chi connectivity index (χ3v) is 3.99. The standard InChI is InChI=1S/C18H18N2O3S/c1-22-16-9-3-13(11-17(16)23-2)4-10-18(21)20-14-5-7-15(8-6-14)24-12-19/h3,5-9,11H,4,10H2,1-2H3,(H,20,21). The molecule has 1 N–H and O–H groups in total. The van der Waals surface area contributed by atoms with Gasteiger partial charge in [0.05, 0.1) is 14.2 Å². The van der Waals surface area contributed by atoms with Crippen LogP contribution in [0.1, 0.15) is 12.0 Å². The summed E-state index contributed by atoms with van der Waals surface area (Å²) in [6.45, 7) is 0. The molecule has 0 aliphatic rings. The van der Waals surface area contributed by atoms with Crippen LogP contribution < -0.4 is 14.8 Å². The molecule has 24 heavy (non-hydrogen) atoms. The highest BCUT2D eigenvalue weighted by molar-refractivity contribution is 8.03. The van der Waals surface area contributed by atoms with Crippen LogP contribution in [0.25, 0.3) is 0 Å². The Morgan fingerprint density at radius 3 is 2.46 bits per heavy atom. The topological polar surface area (TPSA) is 71.3 Å². The van der Waals surface area contributed by atoms with E-state index in [9.17, 15) is 4.79 Å². The Hall–Kier alpha value is -2.65. The van der Waals surface area contributed by atoms with E-state index in [2.05, 4.69) is 5.32 Å². The number of hydrogen-bond acceptors (Lipinski definition) is 5. The number of methoxy groups -OCH3 is 2. The van der Waals surface area contributed by atoms with E-state index in [-0.39, 0.29) is 5.91 Å². The van der Waals surface area contributed by atoms with Gasteiger partial charge in [-0.1, -0.05) is 6.07 Å². The summed E-state index contributed by atoms with van der Waals surface area (Å²) in [6.07, 6.45) is 0.971. The second kappa shape index (κ2) is 8.85. The fourth-order valence-corrected chi connectivity index (χ4v) is 2.55. The number of rotatable bonds is 7. The summed E-state index contributed by atoms with van der Waals surface area (Å²) < 4.78 is 10.5. The Labute approximate surface area is 145 Å². The number of carbonyl (C=O) groups is 1. The highest BCUT2D eigenvalue weighted by Crippen LogP contribution is 2.28. The van der Waals surface area contributed by atoms with Gasteiger partial charge in [0, 0.05) is 17.0 Å². The van der Waals surface area contributed by atoms with E-state index in [1.165, 1.54) is 0 Å². The number of nitriles is 1. The molecule has 0 aliphatic heterocycles. The first-order chi connectivity index (χ1) is 11.7. The number of nitrogens with one attached hydrogen (secondary N) is 1. The average molecular weight is 342 g/mol. The molecule has 0 saturated heterocycles. The molecule has 1 amide bonds. The van der Waals surface area contributed by atoms with Crippen molar-refractivity contribution < 1.29 is 14.3 Å². The van der Waals surface area contributed by atoms with Crippen molar-refractivity contribution in [1.82, 2.24) is 0 Å². The minimum atomic E-state index is -0.0644. The van der Waals surface area contributed by atoms with E-state index in [1.807, 2.05) is 23.6 Å². The van der Waals surface area contributed by atoms with Crippen molar-refractivity contribution >= 4 is 23.4 Å². The van der Waals surface area contributed by atoms with Gasteiger partial charge in [0.25, 0.3) is 0 Å². The van der Waals surface area contributed by atoms with Crippen LogP contribution >= 0.6 is 11.8 Å². The Bertz CT molecular complexity index is 739. The minimum Gasteiger partial charge on any atom is -0.493 e. The van der Waals surface area contributed by atoms with Crippen LogP contribution in [0.3, 0.4) is 0 Å². The van der Waals surface area contributed by atoms with E-state index in [4.69, 9.17) is 14.7 Å². The first-order valence-electron chi connectivity index (χ1n) is 7.33. The first-order valence-corrected chi connectivity index (χ1v) is 8.14. The van der Waals surface area contributed by atoms with E-state index in [1.54, 1.807) is 38.5 Å². The third-order valence-electron chi connectivity index (χ3n) is 3.39. The molecule has 5 nitrogen and oxygen atoms in total. The van der Waals surface area contributed by atoms with Crippen LogP contribution in [0.15, 0.2) is 47.4 Å². The molecule has 0 spiro atoms. The second-order valence-electron chi connectivity index (χ2n) is 4.96. The van der Waals surface area contributed by atoms with E-state index >= 15 is 0 Å². The summed E-state index contributed by atoms with van der Waals surface area (Å²) in [5.74, 6) is 1.26. The van der Waals surface area contributed by atoms with Crippen molar-refractivity contribution in [3.63, 3.8) is 0 Å². The van der Waals surface area contributed by atoms with Crippen molar-refractivity contribution in [2.45, 2.75) is 17.7 Å². The maximum absolute atomic E-state index is 12.0. The van der Waals surface area contributed by atoms with Crippen molar-refractivity contribution in [2.75, 3.05) is 19.5 Å². The zero-order valence-corrected chi connectivity index (χ0v) is 14.4. The number of carbonyl (C=O) groups excluding carboxylic acids is 1. The molecule has 124 valence electrons. The van der Waals surface area contributed by atoms with Crippen LogP contribution in [0, 0.1) is 10.7 Å². The SMILES string of the molecule is COc1ccc(CCC(=O)Nc2ccc(SC#N)cc2)cc1OC. The molecule has 0 radical (unpaired) electrons. The third kappa shape index (κ3) is 4.93. The van der Waals surface area contributed by atoms with Gasteiger partial charge in [-0.05, 0) is 60.1 Å². The lowest BCUT2D eigenvalue weighted by molar-refractivity contribution is -0.116. The van der Waals surface area contributed by atoms with E-state index < -0.39 is 0 Å². The fraction of sp³-hybridized carbons (Fsp3) is 0.222. The predicted octanol–water partition coefficient (Wildman–Crippen LogP) is 3.85. The smallest absolute Gasteiger partial charge is 0.224 e. The molecule has 0 aromatic heterocycles. The monoisotopic (exact) mass is 342 g/mol. The second-order valence-corrected chi connectivity index (χ2v) is 5.81. The Morgan fingerprint density at radius 2 is 1.83 bits per heavy atom. The van der Waals surface area contributed by atoms with Crippen molar-refractivity contribution in [3.05, 3.63) is 48.0 Å². The average Bonchev–Trinajstić information content (AvgIpc) is 2.61. The number of ether oxygens (including phenoxy) is 2. The van der Waals surface area contributed by atoms with Gasteiger partial charge in [-0.2, -0.15) is 5.26 Å². The number of benzene rings is 2. The number of anilines is 1. The lowest BCUT2D eigenvalue weighted by Crippen LogP contribution is -2.12. The molecule has 6 heteroatoms. The zero-order valence-electron chi connectivity index (χ0n) is 13.5. The van der Waals surface area contributed by atoms with Gasteiger partial charge < -0.3 is 14.8 Å². The maximum Gasteiger partial charge on any atom is 0.224 e. The van der Waals surface area contributed by atoms with Crippen LogP contribution in [0.4, 0.5) is 5.69 Å². The highest BCUT2D eigenvalue weighted by atomic mass is 32.2. The van der Waals surface area contributed by atoms with Crippen LogP contribution in [-0.2, 0) is 11.2 Å². The van der Waals surface area contributed by atoms with E-state index in [0.717, 1.165) is 27.9 Å². The summed E-state index contributed by atoms with van der Waals surface area (Å²) in [4.78, 5) is 12.9. The number of thiocyanates is 1. The minimum absolute atomic E-state index is 0.0644. The van der Waals surface area contributed by atoms with Gasteiger partial charge in [-0.25, -0.2) is 0 Å². The number of aryl methyl sites for hydroxylation is 1. The van der Waals surface area contributed by atoms with Crippen LogP contribution in [0.2, 0.25) is 0 Å². The lowest BCUT2D eigenvalue weighted by Gasteiger charge is -2.10. The Kier molecular flexibility index (Phi) is 6.52. The zero-order chi connectivity index (χ0) is 17.4. The summed E-state index contributed by atoms with van der Waals surface area (Å²) in [5.41, 5.74) is 1.72. The molecule has 2 rings (SSSR count). The molecule has 0 unspecified atom stereocenters. The largest absolute Gasteiger partial charge is 0.493 e. The van der Waals surface area contributed by atoms with Gasteiger partial charge >= 0.3 is 0 Å². The summed E-state index contributed by atoms with van der Waals surface area (Å²) in [5, 5.41) is 13.5. The molecule has 2 aromatic carbocycles. The van der Waals surface area contributed by atoms with Crippen molar-refractivity contribution in [3.8, 4) is 16.9 Å². The Balaban J connectivity index is 1.90. The maximum atomic E-state index is 12.0. The van der Waals surface area contributed by atoms with Crippen molar-refractivity contribution in [1.29, 1.82) is 5.26 Å². The Morgan fingerprint density at radius 1 is 1.12 bits per heavy atom. The first kappa shape index (κ1) is 17.7. The summed E-state index contributed by atoms with van der Waals surface area (Å²) in [7, 11) is 3.17. The summed E-state index contributed by atoms with van der Waals surface area (Å²) in [6, 6.07) is 12.8. The molecule has 0 aliphatic carbocycles. The number of amides is 1. The lowest BCUT2D eigenvalue weighted by atomic mass is 10.1. The molecule has 0 heterocycles. The fourth-order valence-electron chi connectivity index (χ4n) is 2.18. The van der Waals surface area contributed by atoms with Gasteiger partial charge in [0.1, 0.15) is 5.40 Å². The van der Waals surface area contributed by atoms with Gasteiger partial charge in [-0.15, -0.1) is 0 Å². The molecule has 0 saturated carbocycles.